The predicted molar refractivity (Wildman–Crippen MR) is 69.7 cm³/mol. The fourth-order valence-electron chi connectivity index (χ4n) is 0.814. The Hall–Kier alpha value is 0.360. The van der Waals surface area contributed by atoms with Gasteiger partial charge in [-0.15, -0.1) is 0 Å². The van der Waals surface area contributed by atoms with Gasteiger partial charge in [0.25, 0.3) is 0 Å². The highest BCUT2D eigenvalue weighted by Crippen LogP contribution is 2.63. The summed E-state index contributed by atoms with van der Waals surface area (Å²) in [5.74, 6) is 0. The Morgan fingerprint density at radius 3 is 1.25 bits per heavy atom. The summed E-state index contributed by atoms with van der Waals surface area (Å²) in [5, 5.41) is 9.19. The summed E-state index contributed by atoms with van der Waals surface area (Å²) in [4.78, 5) is 0. The van der Waals surface area contributed by atoms with Gasteiger partial charge in [0, 0.05) is 0 Å². The second kappa shape index (κ2) is 4.56. The Balaban J connectivity index is 1.74. The predicted octanol–water partition coefficient (Wildman–Crippen LogP) is 4.28. The molecule has 0 N–H and O–H groups in total. The van der Waals surface area contributed by atoms with Gasteiger partial charge in [0.2, 0.25) is 0 Å². The minimum Gasteiger partial charge on any atom is -0.153 e. The quantitative estimate of drug-likeness (QED) is 0.552. The van der Waals surface area contributed by atoms with Crippen molar-refractivity contribution in [2.45, 2.75) is 0 Å². The monoisotopic (exact) mass is 234 g/mol. The third-order valence-corrected chi connectivity index (χ3v) is 11.8. The SMILES string of the molecule is C1=C[SH](SS[SH]2C=CC=C2)C=C1. The molecule has 0 aromatic heterocycles. The fourth-order valence-corrected chi connectivity index (χ4v) is 11.7. The van der Waals surface area contributed by atoms with Gasteiger partial charge in [0.1, 0.15) is 0 Å². The van der Waals surface area contributed by atoms with E-state index in [0.717, 1.165) is 0 Å². The highest BCUT2D eigenvalue weighted by Gasteiger charge is 2.04. The molecule has 0 bridgehead atoms. The maximum absolute atomic E-state index is 2.30. The molecule has 2 aliphatic heterocycles. The van der Waals surface area contributed by atoms with E-state index in [1.54, 1.807) is 0 Å². The Labute approximate surface area is 85.2 Å². The zero-order chi connectivity index (χ0) is 8.23. The van der Waals surface area contributed by atoms with Gasteiger partial charge in [0.15, 0.2) is 0 Å². The minimum absolute atomic E-state index is 0.00566. The van der Waals surface area contributed by atoms with Crippen molar-refractivity contribution in [1.29, 1.82) is 0 Å². The third kappa shape index (κ3) is 2.42. The molecule has 0 spiro atoms. The molecule has 2 aliphatic rings. The number of rotatable bonds is 3. The third-order valence-electron chi connectivity index (χ3n) is 1.36. The van der Waals surface area contributed by atoms with Gasteiger partial charge in [0.05, 0.1) is 0 Å². The van der Waals surface area contributed by atoms with Gasteiger partial charge in [-0.1, -0.05) is 24.3 Å². The largest absolute Gasteiger partial charge is 0.153 e. The molecule has 0 aromatic rings. The van der Waals surface area contributed by atoms with Crippen molar-refractivity contribution in [2.24, 2.45) is 0 Å². The van der Waals surface area contributed by atoms with Crippen LogP contribution in [0.4, 0.5) is 0 Å². The first-order chi connectivity index (χ1) is 5.95. The van der Waals surface area contributed by atoms with Crippen LogP contribution >= 0.6 is 39.5 Å². The lowest BCUT2D eigenvalue weighted by molar-refractivity contribution is 2.15. The highest BCUT2D eigenvalue weighted by atomic mass is 33.7. The van der Waals surface area contributed by atoms with Crippen LogP contribution in [0.2, 0.25) is 0 Å². The van der Waals surface area contributed by atoms with E-state index >= 15 is 0 Å². The molecule has 0 nitrogen and oxygen atoms in total. The van der Waals surface area contributed by atoms with Crippen molar-refractivity contribution in [3.05, 3.63) is 45.9 Å². The molecule has 0 saturated heterocycles. The van der Waals surface area contributed by atoms with Crippen LogP contribution in [-0.4, -0.2) is 0 Å². The number of hydrogen-bond donors (Lipinski definition) is 2. The molecule has 0 unspecified atom stereocenters. The summed E-state index contributed by atoms with van der Waals surface area (Å²) in [7, 11) is 4.04. The van der Waals surface area contributed by atoms with Crippen LogP contribution in [0.25, 0.3) is 0 Å². The van der Waals surface area contributed by atoms with E-state index < -0.39 is 0 Å². The van der Waals surface area contributed by atoms with E-state index in [0.29, 0.717) is 0 Å². The van der Waals surface area contributed by atoms with E-state index in [-0.39, 0.29) is 19.9 Å². The molecule has 0 atom stereocenters. The fraction of sp³-hybridized carbons (Fsp3) is 0. The first kappa shape index (κ1) is 8.94. The molecular formula is C8H10S4. The van der Waals surface area contributed by atoms with E-state index in [1.165, 1.54) is 0 Å². The molecule has 2 heterocycles. The smallest absolute Gasteiger partial charge is 0.0293 e. The summed E-state index contributed by atoms with van der Waals surface area (Å²) in [6, 6.07) is 0. The Morgan fingerprint density at radius 1 is 0.583 bits per heavy atom. The molecule has 0 aliphatic carbocycles. The molecule has 0 amide bonds. The van der Waals surface area contributed by atoms with Crippen LogP contribution in [0.1, 0.15) is 0 Å². The molecule has 0 aromatic carbocycles. The van der Waals surface area contributed by atoms with Gasteiger partial charge in [-0.2, -0.15) is 19.9 Å². The van der Waals surface area contributed by atoms with Crippen molar-refractivity contribution >= 4 is 39.5 Å². The maximum Gasteiger partial charge on any atom is -0.0293 e. The molecule has 0 saturated carbocycles. The summed E-state index contributed by atoms with van der Waals surface area (Å²) >= 11 is 0. The average molecular weight is 234 g/mol. The van der Waals surface area contributed by atoms with Crippen LogP contribution in [0.15, 0.2) is 45.9 Å². The average Bonchev–Trinajstić information content (AvgIpc) is 2.74. The molecular weight excluding hydrogens is 224 g/mol. The van der Waals surface area contributed by atoms with Crippen molar-refractivity contribution in [1.82, 2.24) is 0 Å². The first-order valence-corrected chi connectivity index (χ1v) is 9.88. The summed E-state index contributed by atoms with van der Waals surface area (Å²) in [6.07, 6.45) is 8.58. The molecule has 2 rings (SSSR count). The van der Waals surface area contributed by atoms with Gasteiger partial charge in [-0.05, 0) is 41.3 Å². The van der Waals surface area contributed by atoms with Crippen LogP contribution in [0.5, 0.6) is 0 Å². The van der Waals surface area contributed by atoms with Crippen LogP contribution in [0, 0.1) is 0 Å². The maximum atomic E-state index is 2.30. The van der Waals surface area contributed by atoms with Crippen LogP contribution < -0.4 is 0 Å². The van der Waals surface area contributed by atoms with Crippen LogP contribution in [-0.2, 0) is 0 Å². The Bertz CT molecular complexity index is 212. The lowest BCUT2D eigenvalue weighted by Crippen LogP contribution is -1.53. The van der Waals surface area contributed by atoms with Gasteiger partial charge in [-0.3, -0.25) is 0 Å². The van der Waals surface area contributed by atoms with Gasteiger partial charge in [-0.25, -0.2) is 0 Å². The van der Waals surface area contributed by atoms with Crippen molar-refractivity contribution in [3.8, 4) is 0 Å². The van der Waals surface area contributed by atoms with Gasteiger partial charge >= 0.3 is 0 Å². The Kier molecular flexibility index (Phi) is 3.39. The molecule has 4 heteroatoms. The number of thiol groups is 2. The van der Waals surface area contributed by atoms with E-state index in [9.17, 15) is 0 Å². The standard InChI is InChI=1S/C8H10S4/c1-2-6-11(5-1)9-10-12-7-3-4-8-12/h1-8,11-12H. The van der Waals surface area contributed by atoms with Crippen molar-refractivity contribution in [3.63, 3.8) is 0 Å². The second-order valence-corrected chi connectivity index (χ2v) is 11.3. The van der Waals surface area contributed by atoms with E-state index in [2.05, 4.69) is 45.9 Å². The molecule has 0 fully saturated rings. The first-order valence-electron chi connectivity index (χ1n) is 3.56. The number of allylic oxidation sites excluding steroid dienone is 4. The molecule has 12 heavy (non-hydrogen) atoms. The van der Waals surface area contributed by atoms with Crippen LogP contribution in [0.3, 0.4) is 0 Å². The topological polar surface area (TPSA) is 0 Å². The highest BCUT2D eigenvalue weighted by molar-refractivity contribution is 9.32. The van der Waals surface area contributed by atoms with Crippen molar-refractivity contribution in [2.75, 3.05) is 0 Å². The molecule has 66 valence electrons. The normalized spacial score (nSPS) is 24.7. The minimum atomic E-state index is 0.00566. The molecule has 0 radical (unpaired) electrons. The lowest BCUT2D eigenvalue weighted by atomic mass is 10.6. The van der Waals surface area contributed by atoms with Gasteiger partial charge < -0.3 is 0 Å². The van der Waals surface area contributed by atoms with Crippen molar-refractivity contribution < 1.29 is 0 Å². The van der Waals surface area contributed by atoms with E-state index in [1.807, 2.05) is 19.7 Å². The number of hydrogen-bond acceptors (Lipinski definition) is 2. The summed E-state index contributed by atoms with van der Waals surface area (Å²) in [6.45, 7) is 0. The lowest BCUT2D eigenvalue weighted by Gasteiger charge is -2.12. The van der Waals surface area contributed by atoms with E-state index in [4.69, 9.17) is 0 Å². The summed E-state index contributed by atoms with van der Waals surface area (Å²) in [5.41, 5.74) is 0. The zero-order valence-corrected chi connectivity index (χ0v) is 9.75. The summed E-state index contributed by atoms with van der Waals surface area (Å²) < 4.78 is 0. The Morgan fingerprint density at radius 2 is 0.917 bits per heavy atom. The second-order valence-electron chi connectivity index (χ2n) is 2.23. The zero-order valence-electron chi connectivity index (χ0n) is 6.33.